The molecule has 0 aromatic carbocycles. The smallest absolute Gasteiger partial charge is 0.128 e. The third-order valence-corrected chi connectivity index (χ3v) is 3.13. The highest BCUT2D eigenvalue weighted by atomic mass is 15.2. The van der Waals surface area contributed by atoms with Crippen LogP contribution in [0.5, 0.6) is 0 Å². The molecule has 4 heteroatoms. The van der Waals surface area contributed by atoms with Crippen molar-refractivity contribution in [2.24, 2.45) is 0 Å². The number of anilines is 1. The maximum Gasteiger partial charge on any atom is 0.128 e. The van der Waals surface area contributed by atoms with Crippen LogP contribution >= 0.6 is 0 Å². The molecule has 1 rings (SSSR count). The highest BCUT2D eigenvalue weighted by Crippen LogP contribution is 2.11. The van der Waals surface area contributed by atoms with Gasteiger partial charge in [-0.3, -0.25) is 0 Å². The van der Waals surface area contributed by atoms with E-state index in [0.717, 1.165) is 38.5 Å². The summed E-state index contributed by atoms with van der Waals surface area (Å²) >= 11 is 0. The maximum absolute atomic E-state index is 4.57. The lowest BCUT2D eigenvalue weighted by molar-refractivity contribution is 0.400. The lowest BCUT2D eigenvalue weighted by Gasteiger charge is -2.23. The Labute approximate surface area is 117 Å². The molecule has 108 valence electrons. The van der Waals surface area contributed by atoms with Crippen molar-refractivity contribution in [3.8, 4) is 0 Å². The molecule has 1 N–H and O–H groups in total. The van der Waals surface area contributed by atoms with Crippen molar-refractivity contribution in [1.29, 1.82) is 0 Å². The molecular weight excluding hydrogens is 236 g/mol. The van der Waals surface area contributed by atoms with Gasteiger partial charge in [0.25, 0.3) is 0 Å². The summed E-state index contributed by atoms with van der Waals surface area (Å²) in [4.78, 5) is 9.13. The molecular formula is C15H28N4. The zero-order valence-electron chi connectivity index (χ0n) is 12.8. The zero-order valence-corrected chi connectivity index (χ0v) is 12.8. The molecule has 1 aromatic rings. The van der Waals surface area contributed by atoms with Crippen LogP contribution in [-0.2, 0) is 6.54 Å². The average molecular weight is 264 g/mol. The molecule has 0 aliphatic heterocycles. The normalized spacial score (nSPS) is 11.0. The summed E-state index contributed by atoms with van der Waals surface area (Å²) in [7, 11) is 4.23. The Morgan fingerprint density at radius 1 is 1.16 bits per heavy atom. The summed E-state index contributed by atoms with van der Waals surface area (Å²) < 4.78 is 0. The second-order valence-corrected chi connectivity index (χ2v) is 5.04. The van der Waals surface area contributed by atoms with E-state index in [1.807, 2.05) is 6.20 Å². The van der Waals surface area contributed by atoms with Crippen LogP contribution in [0.15, 0.2) is 18.3 Å². The monoisotopic (exact) mass is 264 g/mol. The number of rotatable bonds is 9. The highest BCUT2D eigenvalue weighted by molar-refractivity contribution is 5.39. The molecule has 0 spiro atoms. The molecule has 0 bridgehead atoms. The van der Waals surface area contributed by atoms with Crippen LogP contribution in [-0.4, -0.2) is 50.2 Å². The number of aromatic nitrogens is 1. The first-order chi connectivity index (χ1) is 9.17. The molecule has 1 aromatic heterocycles. The first-order valence-electron chi connectivity index (χ1n) is 7.22. The molecule has 4 nitrogen and oxygen atoms in total. The van der Waals surface area contributed by atoms with Crippen molar-refractivity contribution in [3.05, 3.63) is 23.9 Å². The molecule has 1 heterocycles. The average Bonchev–Trinajstić information content (AvgIpc) is 2.42. The molecule has 0 unspecified atom stereocenters. The Balaban J connectivity index is 2.50. The second-order valence-electron chi connectivity index (χ2n) is 5.04. The van der Waals surface area contributed by atoms with Crippen LogP contribution in [0.1, 0.15) is 25.8 Å². The molecule has 0 aliphatic carbocycles. The van der Waals surface area contributed by atoms with Gasteiger partial charge < -0.3 is 15.1 Å². The van der Waals surface area contributed by atoms with E-state index < -0.39 is 0 Å². The number of nitrogens with one attached hydrogen (secondary N) is 1. The maximum atomic E-state index is 4.57. The highest BCUT2D eigenvalue weighted by Gasteiger charge is 2.05. The Kier molecular flexibility index (Phi) is 7.45. The minimum absolute atomic E-state index is 0.899. The van der Waals surface area contributed by atoms with Gasteiger partial charge in [-0.15, -0.1) is 0 Å². The van der Waals surface area contributed by atoms with Gasteiger partial charge in [-0.05, 0) is 52.2 Å². The fraction of sp³-hybridized carbons (Fsp3) is 0.667. The minimum atomic E-state index is 0.899. The molecule has 0 saturated carbocycles. The van der Waals surface area contributed by atoms with Gasteiger partial charge in [0.2, 0.25) is 0 Å². The molecule has 19 heavy (non-hydrogen) atoms. The first kappa shape index (κ1) is 15.9. The van der Waals surface area contributed by atoms with Gasteiger partial charge in [-0.2, -0.15) is 0 Å². The van der Waals surface area contributed by atoms with Gasteiger partial charge in [-0.1, -0.05) is 13.0 Å². The summed E-state index contributed by atoms with van der Waals surface area (Å²) in [6.07, 6.45) is 3.15. The van der Waals surface area contributed by atoms with Crippen molar-refractivity contribution in [2.45, 2.75) is 26.8 Å². The van der Waals surface area contributed by atoms with E-state index in [1.165, 1.54) is 12.0 Å². The number of hydrogen-bond donors (Lipinski definition) is 1. The summed E-state index contributed by atoms with van der Waals surface area (Å²) in [5.74, 6) is 1.08. The van der Waals surface area contributed by atoms with E-state index in [0.29, 0.717) is 0 Å². The van der Waals surface area contributed by atoms with Crippen molar-refractivity contribution in [3.63, 3.8) is 0 Å². The van der Waals surface area contributed by atoms with Crippen LogP contribution in [0, 0.1) is 0 Å². The molecule has 0 fully saturated rings. The Morgan fingerprint density at radius 3 is 2.47 bits per heavy atom. The lowest BCUT2D eigenvalue weighted by atomic mass is 10.2. The predicted molar refractivity (Wildman–Crippen MR) is 82.7 cm³/mol. The summed E-state index contributed by atoms with van der Waals surface area (Å²) in [6, 6.07) is 4.30. The van der Waals surface area contributed by atoms with Gasteiger partial charge in [-0.25, -0.2) is 4.98 Å². The van der Waals surface area contributed by atoms with Gasteiger partial charge in [0.15, 0.2) is 0 Å². The fourth-order valence-corrected chi connectivity index (χ4v) is 1.99. The van der Waals surface area contributed by atoms with Gasteiger partial charge in [0, 0.05) is 25.8 Å². The topological polar surface area (TPSA) is 31.4 Å². The van der Waals surface area contributed by atoms with Crippen LogP contribution in [0.25, 0.3) is 0 Å². The Bertz CT molecular complexity index is 335. The standard InChI is InChI=1S/C15H28N4/c1-5-16-12-14-8-9-15(17-13-14)19(6-2)11-7-10-18(3)4/h8-9,13,16H,5-7,10-12H2,1-4H3. The van der Waals surface area contributed by atoms with E-state index in [2.05, 4.69) is 60.2 Å². The lowest BCUT2D eigenvalue weighted by Crippen LogP contribution is -2.27. The number of nitrogens with zero attached hydrogens (tertiary/aromatic N) is 3. The van der Waals surface area contributed by atoms with Crippen molar-refractivity contribution in [2.75, 3.05) is 45.2 Å². The Hall–Kier alpha value is -1.13. The van der Waals surface area contributed by atoms with E-state index in [4.69, 9.17) is 0 Å². The van der Waals surface area contributed by atoms with E-state index in [9.17, 15) is 0 Å². The number of hydrogen-bond acceptors (Lipinski definition) is 4. The molecule has 0 saturated heterocycles. The Morgan fingerprint density at radius 2 is 1.95 bits per heavy atom. The number of pyridine rings is 1. The quantitative estimate of drug-likeness (QED) is 0.739. The fourth-order valence-electron chi connectivity index (χ4n) is 1.99. The summed E-state index contributed by atoms with van der Waals surface area (Å²) in [5, 5.41) is 3.31. The van der Waals surface area contributed by atoms with Crippen LogP contribution in [0.4, 0.5) is 5.82 Å². The first-order valence-corrected chi connectivity index (χ1v) is 7.22. The largest absolute Gasteiger partial charge is 0.357 e. The van der Waals surface area contributed by atoms with Crippen LogP contribution in [0.2, 0.25) is 0 Å². The van der Waals surface area contributed by atoms with Gasteiger partial charge >= 0.3 is 0 Å². The summed E-state index contributed by atoms with van der Waals surface area (Å²) in [6.45, 7) is 9.38. The summed E-state index contributed by atoms with van der Waals surface area (Å²) in [5.41, 5.74) is 1.25. The van der Waals surface area contributed by atoms with Gasteiger partial charge in [0.1, 0.15) is 5.82 Å². The van der Waals surface area contributed by atoms with Crippen molar-refractivity contribution in [1.82, 2.24) is 15.2 Å². The van der Waals surface area contributed by atoms with E-state index in [-0.39, 0.29) is 0 Å². The zero-order chi connectivity index (χ0) is 14.1. The molecule has 0 radical (unpaired) electrons. The van der Waals surface area contributed by atoms with Crippen molar-refractivity contribution >= 4 is 5.82 Å². The SMILES string of the molecule is CCNCc1ccc(N(CC)CCCN(C)C)nc1. The third kappa shape index (κ3) is 6.03. The molecule has 0 amide bonds. The van der Waals surface area contributed by atoms with Gasteiger partial charge in [0.05, 0.1) is 0 Å². The van der Waals surface area contributed by atoms with E-state index in [1.54, 1.807) is 0 Å². The van der Waals surface area contributed by atoms with Crippen molar-refractivity contribution < 1.29 is 0 Å². The van der Waals surface area contributed by atoms with Crippen LogP contribution < -0.4 is 10.2 Å². The van der Waals surface area contributed by atoms with Crippen LogP contribution in [0.3, 0.4) is 0 Å². The molecule has 0 atom stereocenters. The predicted octanol–water partition coefficient (Wildman–Crippen LogP) is 1.97. The minimum Gasteiger partial charge on any atom is -0.357 e. The molecule has 0 aliphatic rings. The third-order valence-electron chi connectivity index (χ3n) is 3.13. The second kappa shape index (κ2) is 8.88. The van der Waals surface area contributed by atoms with E-state index >= 15 is 0 Å².